The van der Waals surface area contributed by atoms with Gasteiger partial charge in [-0.1, -0.05) is 41.9 Å². The largest absolute Gasteiger partial charge is 0.496 e. The highest BCUT2D eigenvalue weighted by Crippen LogP contribution is 2.36. The third-order valence-corrected chi connectivity index (χ3v) is 4.84. The fourth-order valence-corrected chi connectivity index (χ4v) is 2.61. The van der Waals surface area contributed by atoms with Gasteiger partial charge in [-0.15, -0.1) is 0 Å². The Balaban J connectivity index is 1.71. The zero-order valence-corrected chi connectivity index (χ0v) is 15.1. The van der Waals surface area contributed by atoms with Crippen molar-refractivity contribution in [2.24, 2.45) is 0 Å². The van der Waals surface area contributed by atoms with Gasteiger partial charge in [0.25, 0.3) is 0 Å². The Morgan fingerprint density at radius 3 is 2.29 bits per heavy atom. The van der Waals surface area contributed by atoms with E-state index in [1.165, 1.54) is 0 Å². The second-order valence-corrected chi connectivity index (χ2v) is 7.33. The van der Waals surface area contributed by atoms with Crippen molar-refractivity contribution in [2.75, 3.05) is 0 Å². The molecule has 0 spiro atoms. The maximum absolute atomic E-state index is 6.32. The molecule has 1 saturated heterocycles. The summed E-state index contributed by atoms with van der Waals surface area (Å²) >= 11 is 6.32. The summed E-state index contributed by atoms with van der Waals surface area (Å²) in [6.45, 7) is 8.47. The highest BCUT2D eigenvalue weighted by molar-refractivity contribution is 6.62. The molecule has 2 aromatic rings. The second kappa shape index (κ2) is 6.39. The van der Waals surface area contributed by atoms with Gasteiger partial charge in [-0.3, -0.25) is 0 Å². The smallest absolute Gasteiger partial charge is 0.472 e. The van der Waals surface area contributed by atoms with Crippen LogP contribution in [0.1, 0.15) is 33.3 Å². The zero-order valence-electron chi connectivity index (χ0n) is 14.4. The van der Waals surface area contributed by atoms with Gasteiger partial charge in [-0.05, 0) is 39.3 Å². The Kier molecular flexibility index (Phi) is 4.60. The lowest BCUT2D eigenvalue weighted by atomic mass is 9.80. The van der Waals surface area contributed by atoms with E-state index in [0.717, 1.165) is 11.0 Å². The average Bonchev–Trinajstić information content (AvgIpc) is 2.75. The van der Waals surface area contributed by atoms with Gasteiger partial charge < -0.3 is 14.0 Å². The minimum absolute atomic E-state index is 0.396. The molecule has 1 aliphatic heterocycles. The first-order chi connectivity index (χ1) is 11.3. The molecule has 0 radical (unpaired) electrons. The number of hydrogen-bond donors (Lipinski definition) is 0. The molecule has 0 aliphatic carbocycles. The number of halogens is 1. The Bertz CT molecular complexity index is 705. The van der Waals surface area contributed by atoms with E-state index in [4.69, 9.17) is 25.6 Å². The molecule has 0 bridgehead atoms. The van der Waals surface area contributed by atoms with Crippen LogP contribution in [0.25, 0.3) is 0 Å². The van der Waals surface area contributed by atoms with Crippen molar-refractivity contribution in [3.05, 3.63) is 53.2 Å². The highest BCUT2D eigenvalue weighted by Gasteiger charge is 2.51. The SMILES string of the molecule is CC1(C)OB(c2cnc(OCc3ccccc3)c(Cl)c2)OC1(C)C. The summed E-state index contributed by atoms with van der Waals surface area (Å²) in [6, 6.07) is 11.7. The molecule has 1 fully saturated rings. The van der Waals surface area contributed by atoms with Gasteiger partial charge in [0.05, 0.1) is 11.2 Å². The third kappa shape index (κ3) is 3.43. The third-order valence-electron chi connectivity index (χ3n) is 4.57. The van der Waals surface area contributed by atoms with Crippen LogP contribution in [-0.4, -0.2) is 23.3 Å². The average molecular weight is 346 g/mol. The molecular weight excluding hydrogens is 324 g/mol. The Morgan fingerprint density at radius 1 is 1.08 bits per heavy atom. The van der Waals surface area contributed by atoms with Gasteiger partial charge in [-0.2, -0.15) is 0 Å². The molecule has 3 rings (SSSR count). The fourth-order valence-electron chi connectivity index (χ4n) is 2.38. The van der Waals surface area contributed by atoms with E-state index in [1.54, 1.807) is 12.3 Å². The van der Waals surface area contributed by atoms with Crippen molar-refractivity contribution in [3.63, 3.8) is 0 Å². The predicted octanol–water partition coefficient (Wildman–Crippen LogP) is 3.61. The van der Waals surface area contributed by atoms with E-state index < -0.39 is 18.3 Å². The standard InChI is InChI=1S/C18H21BClNO3/c1-17(2)18(3,4)24-19(23-17)14-10-15(20)16(21-11-14)22-12-13-8-6-5-7-9-13/h5-11H,12H2,1-4H3. The van der Waals surface area contributed by atoms with Gasteiger partial charge >= 0.3 is 7.12 Å². The second-order valence-electron chi connectivity index (χ2n) is 6.92. The first-order valence-electron chi connectivity index (χ1n) is 7.96. The molecule has 24 heavy (non-hydrogen) atoms. The summed E-state index contributed by atoms with van der Waals surface area (Å²) in [6.07, 6.45) is 1.69. The molecule has 126 valence electrons. The highest BCUT2D eigenvalue weighted by atomic mass is 35.5. The molecule has 0 saturated carbocycles. The molecule has 1 aromatic carbocycles. The molecule has 2 heterocycles. The topological polar surface area (TPSA) is 40.6 Å². The number of pyridine rings is 1. The van der Waals surface area contributed by atoms with Crippen molar-refractivity contribution in [1.29, 1.82) is 0 Å². The Morgan fingerprint density at radius 2 is 1.71 bits per heavy atom. The van der Waals surface area contributed by atoms with Crippen molar-refractivity contribution in [2.45, 2.75) is 45.5 Å². The zero-order chi connectivity index (χ0) is 17.4. The molecular formula is C18H21BClNO3. The number of hydrogen-bond acceptors (Lipinski definition) is 4. The summed E-state index contributed by atoms with van der Waals surface area (Å²) < 4.78 is 17.7. The number of benzene rings is 1. The van der Waals surface area contributed by atoms with E-state index >= 15 is 0 Å². The molecule has 0 N–H and O–H groups in total. The van der Waals surface area contributed by atoms with E-state index in [0.29, 0.717) is 17.5 Å². The van der Waals surface area contributed by atoms with Gasteiger partial charge in [0.1, 0.15) is 11.6 Å². The van der Waals surface area contributed by atoms with Crippen LogP contribution in [0, 0.1) is 0 Å². The maximum Gasteiger partial charge on any atom is 0.496 e. The minimum Gasteiger partial charge on any atom is -0.472 e. The predicted molar refractivity (Wildman–Crippen MR) is 95.7 cm³/mol. The Labute approximate surface area is 148 Å². The summed E-state index contributed by atoms with van der Waals surface area (Å²) in [5.41, 5.74) is 1.05. The molecule has 0 amide bonds. The number of nitrogens with zero attached hydrogens (tertiary/aromatic N) is 1. The normalized spacial score (nSPS) is 18.6. The van der Waals surface area contributed by atoms with Crippen LogP contribution >= 0.6 is 11.6 Å². The van der Waals surface area contributed by atoms with Crippen molar-refractivity contribution < 1.29 is 14.0 Å². The summed E-state index contributed by atoms with van der Waals surface area (Å²) in [7, 11) is -0.483. The minimum atomic E-state index is -0.483. The van der Waals surface area contributed by atoms with E-state index in [1.807, 2.05) is 58.0 Å². The lowest BCUT2D eigenvalue weighted by molar-refractivity contribution is 0.00578. The summed E-state index contributed by atoms with van der Waals surface area (Å²) in [5, 5.41) is 0.443. The van der Waals surface area contributed by atoms with Gasteiger partial charge in [-0.25, -0.2) is 4.98 Å². The molecule has 0 unspecified atom stereocenters. The van der Waals surface area contributed by atoms with Crippen LogP contribution in [0.4, 0.5) is 0 Å². The van der Waals surface area contributed by atoms with E-state index in [9.17, 15) is 0 Å². The van der Waals surface area contributed by atoms with Gasteiger partial charge in [0.15, 0.2) is 0 Å². The molecule has 6 heteroatoms. The number of ether oxygens (including phenoxy) is 1. The Hall–Kier alpha value is -1.56. The van der Waals surface area contributed by atoms with Crippen LogP contribution in [0.15, 0.2) is 42.6 Å². The number of aromatic nitrogens is 1. The van der Waals surface area contributed by atoms with Gasteiger partial charge in [0.2, 0.25) is 5.88 Å². The van der Waals surface area contributed by atoms with Crippen LogP contribution in [0.3, 0.4) is 0 Å². The first kappa shape index (κ1) is 17.3. The van der Waals surface area contributed by atoms with Gasteiger partial charge in [0, 0.05) is 11.7 Å². The van der Waals surface area contributed by atoms with Crippen molar-refractivity contribution in [3.8, 4) is 5.88 Å². The summed E-state index contributed by atoms with van der Waals surface area (Å²) in [4.78, 5) is 4.32. The summed E-state index contributed by atoms with van der Waals surface area (Å²) in [5.74, 6) is 0.404. The molecule has 0 atom stereocenters. The first-order valence-corrected chi connectivity index (χ1v) is 8.34. The van der Waals surface area contributed by atoms with E-state index in [2.05, 4.69) is 4.98 Å². The van der Waals surface area contributed by atoms with Crippen LogP contribution in [0.5, 0.6) is 5.88 Å². The van der Waals surface area contributed by atoms with Crippen LogP contribution in [-0.2, 0) is 15.9 Å². The molecule has 1 aliphatic rings. The van der Waals surface area contributed by atoms with Crippen molar-refractivity contribution in [1.82, 2.24) is 4.98 Å². The molecule has 1 aromatic heterocycles. The van der Waals surface area contributed by atoms with Crippen LogP contribution in [0.2, 0.25) is 5.02 Å². The van der Waals surface area contributed by atoms with E-state index in [-0.39, 0.29) is 0 Å². The quantitative estimate of drug-likeness (QED) is 0.794. The monoisotopic (exact) mass is 345 g/mol. The lowest BCUT2D eigenvalue weighted by Gasteiger charge is -2.32. The fraction of sp³-hybridized carbons (Fsp3) is 0.389. The maximum atomic E-state index is 6.32. The lowest BCUT2D eigenvalue weighted by Crippen LogP contribution is -2.41. The van der Waals surface area contributed by atoms with Crippen LogP contribution < -0.4 is 10.2 Å². The molecule has 4 nitrogen and oxygen atoms in total. The van der Waals surface area contributed by atoms with Crippen molar-refractivity contribution >= 4 is 24.2 Å². The number of rotatable bonds is 4.